The molecule has 2 N–H and O–H groups in total. The standard InChI is InChI=1S/C13H18N2O2/c1-17-10-13(16)6-7-15-9-12-5-3-2-4-11(12)8-14/h2-5,13,15-16H,6-7,9-10H2,1H3. The van der Waals surface area contributed by atoms with Gasteiger partial charge in [0.2, 0.25) is 0 Å². The quantitative estimate of drug-likeness (QED) is 0.692. The van der Waals surface area contributed by atoms with E-state index in [4.69, 9.17) is 10.00 Å². The van der Waals surface area contributed by atoms with Gasteiger partial charge in [0.15, 0.2) is 0 Å². The lowest BCUT2D eigenvalue weighted by atomic mass is 10.1. The van der Waals surface area contributed by atoms with Crippen LogP contribution in [0.4, 0.5) is 0 Å². The van der Waals surface area contributed by atoms with E-state index in [0.29, 0.717) is 31.7 Å². The minimum Gasteiger partial charge on any atom is -0.391 e. The lowest BCUT2D eigenvalue weighted by molar-refractivity contribution is 0.0594. The van der Waals surface area contributed by atoms with Crippen LogP contribution in [-0.4, -0.2) is 31.5 Å². The first-order chi connectivity index (χ1) is 8.27. The zero-order valence-corrected chi connectivity index (χ0v) is 10.0. The van der Waals surface area contributed by atoms with E-state index in [1.54, 1.807) is 13.2 Å². The highest BCUT2D eigenvalue weighted by Gasteiger charge is 2.03. The monoisotopic (exact) mass is 234 g/mol. The molecule has 17 heavy (non-hydrogen) atoms. The van der Waals surface area contributed by atoms with Crippen molar-refractivity contribution in [1.82, 2.24) is 5.32 Å². The lowest BCUT2D eigenvalue weighted by Crippen LogP contribution is -2.23. The zero-order chi connectivity index (χ0) is 12.5. The van der Waals surface area contributed by atoms with Gasteiger partial charge in [-0.1, -0.05) is 18.2 Å². The van der Waals surface area contributed by atoms with Crippen LogP contribution in [0.5, 0.6) is 0 Å². The van der Waals surface area contributed by atoms with Gasteiger partial charge in [-0.25, -0.2) is 0 Å². The molecule has 4 heteroatoms. The molecule has 0 aliphatic rings. The summed E-state index contributed by atoms with van der Waals surface area (Å²) in [5.74, 6) is 0. The average molecular weight is 234 g/mol. The Morgan fingerprint density at radius 2 is 2.24 bits per heavy atom. The third-order valence-corrected chi connectivity index (χ3v) is 2.47. The first-order valence-electron chi connectivity index (χ1n) is 5.63. The van der Waals surface area contributed by atoms with Gasteiger partial charge in [-0.3, -0.25) is 0 Å². The summed E-state index contributed by atoms with van der Waals surface area (Å²) in [6.07, 6.45) is 0.210. The molecule has 1 aromatic rings. The number of hydrogen-bond donors (Lipinski definition) is 2. The third-order valence-electron chi connectivity index (χ3n) is 2.47. The van der Waals surface area contributed by atoms with Crippen molar-refractivity contribution in [1.29, 1.82) is 5.26 Å². The molecule has 92 valence electrons. The maximum atomic E-state index is 9.43. The van der Waals surface area contributed by atoms with Crippen molar-refractivity contribution in [2.24, 2.45) is 0 Å². The topological polar surface area (TPSA) is 65.3 Å². The van der Waals surface area contributed by atoms with E-state index in [2.05, 4.69) is 11.4 Å². The highest BCUT2D eigenvalue weighted by molar-refractivity contribution is 5.37. The Balaban J connectivity index is 2.29. The molecule has 0 saturated heterocycles. The number of nitrogens with one attached hydrogen (secondary N) is 1. The summed E-state index contributed by atoms with van der Waals surface area (Å²) in [6, 6.07) is 9.65. The Hall–Kier alpha value is -1.41. The van der Waals surface area contributed by atoms with E-state index in [1.165, 1.54) is 0 Å². The van der Waals surface area contributed by atoms with Crippen LogP contribution in [0.25, 0.3) is 0 Å². The van der Waals surface area contributed by atoms with Crippen LogP contribution in [0.15, 0.2) is 24.3 Å². The molecule has 4 nitrogen and oxygen atoms in total. The SMILES string of the molecule is COCC(O)CCNCc1ccccc1C#N. The molecule has 0 amide bonds. The molecule has 0 bridgehead atoms. The summed E-state index contributed by atoms with van der Waals surface area (Å²) in [7, 11) is 1.57. The maximum Gasteiger partial charge on any atom is 0.0995 e. The van der Waals surface area contributed by atoms with Gasteiger partial charge in [0, 0.05) is 13.7 Å². The Kier molecular flexibility index (Phi) is 6.26. The van der Waals surface area contributed by atoms with Gasteiger partial charge in [0.25, 0.3) is 0 Å². The molecule has 0 fully saturated rings. The van der Waals surface area contributed by atoms with Gasteiger partial charge in [0.1, 0.15) is 0 Å². The summed E-state index contributed by atoms with van der Waals surface area (Å²) in [5, 5.41) is 21.5. The first kappa shape index (κ1) is 13.7. The zero-order valence-electron chi connectivity index (χ0n) is 10.0. The van der Waals surface area contributed by atoms with Crippen molar-refractivity contribution in [3.8, 4) is 6.07 Å². The molecular weight excluding hydrogens is 216 g/mol. The summed E-state index contributed by atoms with van der Waals surface area (Å²) >= 11 is 0. The molecule has 1 unspecified atom stereocenters. The minimum absolute atomic E-state index is 0.358. The van der Waals surface area contributed by atoms with Crippen molar-refractivity contribution in [3.05, 3.63) is 35.4 Å². The van der Waals surface area contributed by atoms with E-state index < -0.39 is 6.10 Å². The van der Waals surface area contributed by atoms with Crippen molar-refractivity contribution in [2.75, 3.05) is 20.3 Å². The third kappa shape index (κ3) is 4.96. The maximum absolute atomic E-state index is 9.43. The van der Waals surface area contributed by atoms with Crippen molar-refractivity contribution in [2.45, 2.75) is 19.1 Å². The van der Waals surface area contributed by atoms with E-state index in [-0.39, 0.29) is 0 Å². The van der Waals surface area contributed by atoms with E-state index >= 15 is 0 Å². The summed E-state index contributed by atoms with van der Waals surface area (Å²) in [5.41, 5.74) is 1.67. The summed E-state index contributed by atoms with van der Waals surface area (Å²) in [6.45, 7) is 1.70. The Labute approximate surface area is 102 Å². The van der Waals surface area contributed by atoms with Crippen molar-refractivity contribution in [3.63, 3.8) is 0 Å². The number of rotatable bonds is 7. The lowest BCUT2D eigenvalue weighted by Gasteiger charge is -2.10. The Morgan fingerprint density at radius 1 is 1.47 bits per heavy atom. The number of nitriles is 1. The van der Waals surface area contributed by atoms with E-state index in [0.717, 1.165) is 5.56 Å². The number of benzene rings is 1. The average Bonchev–Trinajstić information content (AvgIpc) is 2.35. The summed E-state index contributed by atoms with van der Waals surface area (Å²) in [4.78, 5) is 0. The van der Waals surface area contributed by atoms with Gasteiger partial charge < -0.3 is 15.2 Å². The molecule has 0 aromatic heterocycles. The fourth-order valence-electron chi connectivity index (χ4n) is 1.55. The number of aliphatic hydroxyl groups is 1. The first-order valence-corrected chi connectivity index (χ1v) is 5.63. The van der Waals surface area contributed by atoms with Crippen LogP contribution in [-0.2, 0) is 11.3 Å². The smallest absolute Gasteiger partial charge is 0.0995 e. The minimum atomic E-state index is -0.432. The van der Waals surface area contributed by atoms with Gasteiger partial charge in [-0.15, -0.1) is 0 Å². The fraction of sp³-hybridized carbons (Fsp3) is 0.462. The van der Waals surface area contributed by atoms with Crippen molar-refractivity contribution < 1.29 is 9.84 Å². The van der Waals surface area contributed by atoms with Gasteiger partial charge >= 0.3 is 0 Å². The molecule has 0 saturated carbocycles. The van der Waals surface area contributed by atoms with Gasteiger partial charge in [-0.2, -0.15) is 5.26 Å². The normalized spacial score (nSPS) is 12.1. The number of ether oxygens (including phenoxy) is 1. The predicted molar refractivity (Wildman–Crippen MR) is 65.4 cm³/mol. The highest BCUT2D eigenvalue weighted by atomic mass is 16.5. The largest absolute Gasteiger partial charge is 0.391 e. The van der Waals surface area contributed by atoms with Crippen molar-refractivity contribution >= 4 is 0 Å². The van der Waals surface area contributed by atoms with Gasteiger partial charge in [0.05, 0.1) is 24.3 Å². The van der Waals surface area contributed by atoms with Crippen LogP contribution in [0.2, 0.25) is 0 Å². The summed E-state index contributed by atoms with van der Waals surface area (Å²) < 4.78 is 4.83. The number of methoxy groups -OCH3 is 1. The van der Waals surface area contributed by atoms with Crippen LogP contribution in [0.3, 0.4) is 0 Å². The molecule has 1 atom stereocenters. The van der Waals surface area contributed by atoms with Crippen LogP contribution in [0, 0.1) is 11.3 Å². The molecule has 0 heterocycles. The Bertz CT molecular complexity index is 374. The number of hydrogen-bond acceptors (Lipinski definition) is 4. The molecule has 0 aliphatic carbocycles. The molecule has 0 radical (unpaired) electrons. The van der Waals surface area contributed by atoms with Crippen LogP contribution < -0.4 is 5.32 Å². The molecule has 1 aromatic carbocycles. The van der Waals surface area contributed by atoms with E-state index in [1.807, 2.05) is 18.2 Å². The molecule has 0 aliphatic heterocycles. The fourth-order valence-corrected chi connectivity index (χ4v) is 1.55. The Morgan fingerprint density at radius 3 is 2.94 bits per heavy atom. The molecule has 1 rings (SSSR count). The second kappa shape index (κ2) is 7.80. The second-order valence-corrected chi connectivity index (χ2v) is 3.84. The van der Waals surface area contributed by atoms with Crippen LogP contribution in [0.1, 0.15) is 17.5 Å². The highest BCUT2D eigenvalue weighted by Crippen LogP contribution is 2.06. The second-order valence-electron chi connectivity index (χ2n) is 3.84. The number of nitrogens with zero attached hydrogens (tertiary/aromatic N) is 1. The van der Waals surface area contributed by atoms with E-state index in [9.17, 15) is 5.11 Å². The van der Waals surface area contributed by atoms with Crippen LogP contribution >= 0.6 is 0 Å². The number of aliphatic hydroxyl groups excluding tert-OH is 1. The molecule has 0 spiro atoms. The molecular formula is C13H18N2O2. The van der Waals surface area contributed by atoms with Gasteiger partial charge in [-0.05, 0) is 24.6 Å². The predicted octanol–water partition coefficient (Wildman–Crippen LogP) is 1.05.